The van der Waals surface area contributed by atoms with Crippen molar-refractivity contribution in [2.24, 2.45) is 0 Å². The van der Waals surface area contributed by atoms with Gasteiger partial charge >= 0.3 is 0 Å². The molecule has 0 bridgehead atoms. The highest BCUT2D eigenvalue weighted by molar-refractivity contribution is 8.26. The van der Waals surface area contributed by atoms with E-state index in [1.54, 1.807) is 24.3 Å². The van der Waals surface area contributed by atoms with Crippen LogP contribution in [0.25, 0.3) is 6.08 Å². The number of hydrogen-bond donors (Lipinski definition) is 1. The summed E-state index contributed by atoms with van der Waals surface area (Å²) in [5, 5.41) is 2.77. The number of hydrogen-bond acceptors (Lipinski definition) is 5. The smallest absolute Gasteiger partial charge is 0.266 e. The first-order valence-corrected chi connectivity index (χ1v) is 10.3. The van der Waals surface area contributed by atoms with Gasteiger partial charge < -0.3 is 5.32 Å². The van der Waals surface area contributed by atoms with E-state index in [0.717, 1.165) is 11.1 Å². The van der Waals surface area contributed by atoms with Crippen molar-refractivity contribution in [3.63, 3.8) is 0 Å². The summed E-state index contributed by atoms with van der Waals surface area (Å²) in [7, 11) is 0. The summed E-state index contributed by atoms with van der Waals surface area (Å²) < 4.78 is 0.451. The van der Waals surface area contributed by atoms with E-state index in [4.69, 9.17) is 12.2 Å². The van der Waals surface area contributed by atoms with E-state index >= 15 is 0 Å². The maximum Gasteiger partial charge on any atom is 0.266 e. The molecule has 0 saturated carbocycles. The minimum atomic E-state index is -0.225. The number of Topliss-reactive ketones (excluding diaryl/α,β-unsaturated/α-hetero) is 1. The number of carbonyl (C=O) groups excluding carboxylic acids is 3. The van der Waals surface area contributed by atoms with Crippen molar-refractivity contribution in [1.29, 1.82) is 0 Å². The Balaban J connectivity index is 1.57. The maximum atomic E-state index is 12.6. The second-order valence-corrected chi connectivity index (χ2v) is 8.35. The van der Waals surface area contributed by atoms with E-state index in [-0.39, 0.29) is 30.6 Å². The lowest BCUT2D eigenvalue weighted by molar-refractivity contribution is -0.122. The molecule has 5 nitrogen and oxygen atoms in total. The number of nitrogens with zero attached hydrogens (tertiary/aromatic N) is 1. The van der Waals surface area contributed by atoms with Crippen LogP contribution in [0.4, 0.5) is 5.69 Å². The molecule has 0 atom stereocenters. The summed E-state index contributed by atoms with van der Waals surface area (Å²) >= 11 is 6.56. The van der Waals surface area contributed by atoms with Crippen molar-refractivity contribution < 1.29 is 14.4 Å². The van der Waals surface area contributed by atoms with Gasteiger partial charge in [0.15, 0.2) is 5.78 Å². The highest BCUT2D eigenvalue weighted by Crippen LogP contribution is 2.32. The molecular weight excluding hydrogens is 404 g/mol. The standard InChI is InChI=1S/C22H20N2O3S2/c1-14-3-5-16(6-4-14)13-19-21(27)24(22(28)29-19)12-11-20(26)23-18-9-7-17(8-10-18)15(2)25/h3-10,13H,11-12H2,1-2H3,(H,23,26)/b19-13-. The Bertz CT molecular complexity index is 996. The number of rotatable bonds is 6. The first-order valence-electron chi connectivity index (χ1n) is 9.06. The molecule has 1 N–H and O–H groups in total. The first-order chi connectivity index (χ1) is 13.8. The van der Waals surface area contributed by atoms with Crippen molar-refractivity contribution in [3.05, 3.63) is 70.1 Å². The molecule has 7 heteroatoms. The zero-order valence-electron chi connectivity index (χ0n) is 16.1. The normalized spacial score (nSPS) is 15.1. The van der Waals surface area contributed by atoms with Crippen LogP contribution >= 0.6 is 24.0 Å². The van der Waals surface area contributed by atoms with E-state index in [9.17, 15) is 14.4 Å². The van der Waals surface area contributed by atoms with E-state index in [2.05, 4.69) is 5.32 Å². The largest absolute Gasteiger partial charge is 0.326 e. The van der Waals surface area contributed by atoms with Gasteiger partial charge in [-0.25, -0.2) is 0 Å². The van der Waals surface area contributed by atoms with Gasteiger partial charge in [-0.2, -0.15) is 0 Å². The third kappa shape index (κ3) is 5.40. The predicted molar refractivity (Wildman–Crippen MR) is 121 cm³/mol. The summed E-state index contributed by atoms with van der Waals surface area (Å²) in [4.78, 5) is 38.2. The van der Waals surface area contributed by atoms with E-state index in [1.165, 1.54) is 23.6 Å². The zero-order chi connectivity index (χ0) is 21.0. The van der Waals surface area contributed by atoms with Crippen LogP contribution in [-0.2, 0) is 9.59 Å². The molecule has 1 aliphatic heterocycles. The number of benzene rings is 2. The Kier molecular flexibility index (Phi) is 6.61. The number of aryl methyl sites for hydroxylation is 1. The zero-order valence-corrected chi connectivity index (χ0v) is 17.7. The number of thiocarbonyl (C=S) groups is 1. The minimum absolute atomic E-state index is 0.0315. The molecule has 3 rings (SSSR count). The Hall–Kier alpha value is -2.77. The fraction of sp³-hybridized carbons (Fsp3) is 0.182. The SMILES string of the molecule is CC(=O)c1ccc(NC(=O)CCN2C(=O)/C(=C/c3ccc(C)cc3)SC2=S)cc1. The van der Waals surface area contributed by atoms with E-state index in [1.807, 2.05) is 37.3 Å². The van der Waals surface area contributed by atoms with Crippen LogP contribution in [0.5, 0.6) is 0 Å². The highest BCUT2D eigenvalue weighted by Gasteiger charge is 2.32. The second kappa shape index (κ2) is 9.15. The Morgan fingerprint density at radius 3 is 2.38 bits per heavy atom. The monoisotopic (exact) mass is 424 g/mol. The Labute approximate surface area is 179 Å². The molecule has 2 aromatic rings. The molecule has 29 heavy (non-hydrogen) atoms. The third-order valence-corrected chi connectivity index (χ3v) is 5.76. The van der Waals surface area contributed by atoms with Gasteiger partial charge in [0, 0.05) is 24.2 Å². The molecule has 0 aromatic heterocycles. The van der Waals surface area contributed by atoms with Gasteiger partial charge in [0.1, 0.15) is 4.32 Å². The fourth-order valence-electron chi connectivity index (χ4n) is 2.73. The molecule has 1 heterocycles. The number of anilines is 1. The molecule has 0 unspecified atom stereocenters. The summed E-state index contributed by atoms with van der Waals surface area (Å²) in [5.41, 5.74) is 3.27. The van der Waals surface area contributed by atoms with Crippen LogP contribution in [0.3, 0.4) is 0 Å². The molecule has 0 radical (unpaired) electrons. The number of nitrogens with one attached hydrogen (secondary N) is 1. The topological polar surface area (TPSA) is 66.5 Å². The quantitative estimate of drug-likeness (QED) is 0.422. The lowest BCUT2D eigenvalue weighted by Gasteiger charge is -2.14. The molecular formula is C22H20N2O3S2. The van der Waals surface area contributed by atoms with Crippen molar-refractivity contribution >= 4 is 57.7 Å². The number of amides is 2. The number of carbonyl (C=O) groups is 3. The van der Waals surface area contributed by atoms with E-state index in [0.29, 0.717) is 20.5 Å². The van der Waals surface area contributed by atoms with E-state index < -0.39 is 0 Å². The lowest BCUT2D eigenvalue weighted by Crippen LogP contribution is -2.31. The fourth-order valence-corrected chi connectivity index (χ4v) is 4.04. The van der Waals surface area contributed by atoms with Gasteiger partial charge in [-0.05, 0) is 49.8 Å². The van der Waals surface area contributed by atoms with Crippen LogP contribution in [-0.4, -0.2) is 33.4 Å². The van der Waals surface area contributed by atoms with Gasteiger partial charge in [-0.15, -0.1) is 0 Å². The van der Waals surface area contributed by atoms with Gasteiger partial charge in [-0.3, -0.25) is 19.3 Å². The molecule has 2 amide bonds. The highest BCUT2D eigenvalue weighted by atomic mass is 32.2. The molecule has 2 aromatic carbocycles. The summed E-state index contributed by atoms with van der Waals surface area (Å²) in [6, 6.07) is 14.6. The average Bonchev–Trinajstić information content (AvgIpc) is 2.95. The second-order valence-electron chi connectivity index (χ2n) is 6.68. The van der Waals surface area contributed by atoms with Crippen LogP contribution in [0.2, 0.25) is 0 Å². The molecule has 1 fully saturated rings. The average molecular weight is 425 g/mol. The van der Waals surface area contributed by atoms with Crippen molar-refractivity contribution in [2.75, 3.05) is 11.9 Å². The van der Waals surface area contributed by atoms with Gasteiger partial charge in [0.25, 0.3) is 5.91 Å². The molecule has 148 valence electrons. The van der Waals surface area contributed by atoms with Crippen molar-refractivity contribution in [2.45, 2.75) is 20.3 Å². The van der Waals surface area contributed by atoms with Crippen LogP contribution < -0.4 is 5.32 Å². The van der Waals surface area contributed by atoms with Crippen LogP contribution in [0.1, 0.15) is 34.8 Å². The van der Waals surface area contributed by atoms with Gasteiger partial charge in [0.05, 0.1) is 4.91 Å². The molecule has 1 aliphatic rings. The lowest BCUT2D eigenvalue weighted by atomic mass is 10.1. The Morgan fingerprint density at radius 2 is 1.76 bits per heavy atom. The summed E-state index contributed by atoms with van der Waals surface area (Å²) in [6.07, 6.45) is 1.94. The molecule has 0 aliphatic carbocycles. The first kappa shape index (κ1) is 21.0. The van der Waals surface area contributed by atoms with Crippen LogP contribution in [0, 0.1) is 6.92 Å². The maximum absolute atomic E-state index is 12.6. The van der Waals surface area contributed by atoms with Gasteiger partial charge in [0.2, 0.25) is 5.91 Å². The van der Waals surface area contributed by atoms with Crippen molar-refractivity contribution in [3.8, 4) is 0 Å². The van der Waals surface area contributed by atoms with Crippen LogP contribution in [0.15, 0.2) is 53.4 Å². The minimum Gasteiger partial charge on any atom is -0.326 e. The number of ketones is 1. The third-order valence-electron chi connectivity index (χ3n) is 4.39. The predicted octanol–water partition coefficient (Wildman–Crippen LogP) is 4.43. The summed E-state index contributed by atoms with van der Waals surface area (Å²) in [6.45, 7) is 3.71. The summed E-state index contributed by atoms with van der Waals surface area (Å²) in [5.74, 6) is -0.438. The molecule has 0 spiro atoms. The molecule has 1 saturated heterocycles. The van der Waals surface area contributed by atoms with Gasteiger partial charge in [-0.1, -0.05) is 53.8 Å². The Morgan fingerprint density at radius 1 is 1.10 bits per heavy atom. The van der Waals surface area contributed by atoms with Crippen molar-refractivity contribution in [1.82, 2.24) is 4.90 Å². The number of thioether (sulfide) groups is 1.